The predicted octanol–water partition coefficient (Wildman–Crippen LogP) is 3.54. The fourth-order valence-corrected chi connectivity index (χ4v) is 2.04. The zero-order chi connectivity index (χ0) is 13.9. The summed E-state index contributed by atoms with van der Waals surface area (Å²) in [5.74, 6) is 0.397. The number of aromatic nitrogens is 1. The van der Waals surface area contributed by atoms with Gasteiger partial charge >= 0.3 is 0 Å². The Labute approximate surface area is 115 Å². The number of hydrogen-bond acceptors (Lipinski definition) is 3. The van der Waals surface area contributed by atoms with Crippen LogP contribution in [0.5, 0.6) is 5.75 Å². The molecule has 0 aliphatic heterocycles. The highest BCUT2D eigenvalue weighted by atomic mass is 19.1. The van der Waals surface area contributed by atoms with Gasteiger partial charge in [0.1, 0.15) is 18.2 Å². The molecule has 2 N–H and O–H groups in total. The molecular formula is C16H13FN2O. The second kappa shape index (κ2) is 5.17. The van der Waals surface area contributed by atoms with Crippen molar-refractivity contribution in [1.29, 1.82) is 0 Å². The van der Waals surface area contributed by atoms with Gasteiger partial charge in [0.25, 0.3) is 0 Å². The van der Waals surface area contributed by atoms with Crippen molar-refractivity contribution < 1.29 is 9.13 Å². The van der Waals surface area contributed by atoms with Crippen molar-refractivity contribution in [2.45, 2.75) is 6.61 Å². The molecule has 0 bridgehead atoms. The molecule has 100 valence electrons. The van der Waals surface area contributed by atoms with E-state index in [1.165, 1.54) is 6.07 Å². The van der Waals surface area contributed by atoms with Crippen LogP contribution >= 0.6 is 0 Å². The van der Waals surface area contributed by atoms with Gasteiger partial charge in [-0.15, -0.1) is 0 Å². The Morgan fingerprint density at radius 2 is 1.95 bits per heavy atom. The summed E-state index contributed by atoms with van der Waals surface area (Å²) in [5.41, 5.74) is 7.66. The van der Waals surface area contributed by atoms with Gasteiger partial charge in [0.15, 0.2) is 0 Å². The minimum Gasteiger partial charge on any atom is -0.488 e. The van der Waals surface area contributed by atoms with Gasteiger partial charge in [0.05, 0.1) is 5.52 Å². The quantitative estimate of drug-likeness (QED) is 0.739. The first-order chi connectivity index (χ1) is 9.74. The number of hydrogen-bond donors (Lipinski definition) is 1. The number of pyridine rings is 1. The van der Waals surface area contributed by atoms with Crippen LogP contribution in [0.2, 0.25) is 0 Å². The number of rotatable bonds is 3. The number of fused-ring (bicyclic) bond motifs is 1. The standard InChI is InChI=1S/C16H13FN2O/c17-14-4-2-1-3-11(14)10-20-16-7-8-19-15-9-12(18)5-6-13(15)16/h1-9H,10,18H2. The third kappa shape index (κ3) is 2.40. The average Bonchev–Trinajstić information content (AvgIpc) is 2.46. The van der Waals surface area contributed by atoms with Crippen molar-refractivity contribution in [2.75, 3.05) is 5.73 Å². The van der Waals surface area contributed by atoms with Crippen LogP contribution < -0.4 is 10.5 Å². The maximum Gasteiger partial charge on any atom is 0.130 e. The number of nitrogens with two attached hydrogens (primary N) is 1. The number of nitrogen functional groups attached to an aromatic ring is 1. The smallest absolute Gasteiger partial charge is 0.130 e. The molecule has 0 spiro atoms. The van der Waals surface area contributed by atoms with Crippen LogP contribution in [0.1, 0.15) is 5.56 Å². The van der Waals surface area contributed by atoms with Gasteiger partial charge in [0.2, 0.25) is 0 Å². The normalized spacial score (nSPS) is 10.7. The maximum atomic E-state index is 13.6. The van der Waals surface area contributed by atoms with Crippen LogP contribution in [0, 0.1) is 5.82 Å². The Balaban J connectivity index is 1.90. The number of nitrogens with zero attached hydrogens (tertiary/aromatic N) is 1. The molecule has 0 aliphatic rings. The zero-order valence-electron chi connectivity index (χ0n) is 10.7. The molecule has 1 aromatic heterocycles. The van der Waals surface area contributed by atoms with Crippen LogP contribution in [0.15, 0.2) is 54.7 Å². The van der Waals surface area contributed by atoms with E-state index in [1.54, 1.807) is 42.6 Å². The molecule has 1 heterocycles. The van der Waals surface area contributed by atoms with Crippen molar-refractivity contribution in [2.24, 2.45) is 0 Å². The summed E-state index contributed by atoms with van der Waals surface area (Å²) < 4.78 is 19.3. The highest BCUT2D eigenvalue weighted by Gasteiger charge is 2.06. The topological polar surface area (TPSA) is 48.1 Å². The molecule has 0 fully saturated rings. The Bertz CT molecular complexity index is 758. The Morgan fingerprint density at radius 3 is 2.80 bits per heavy atom. The second-order valence-electron chi connectivity index (χ2n) is 4.47. The zero-order valence-corrected chi connectivity index (χ0v) is 10.7. The number of anilines is 1. The van der Waals surface area contributed by atoms with E-state index in [9.17, 15) is 4.39 Å². The molecular weight excluding hydrogens is 255 g/mol. The molecule has 20 heavy (non-hydrogen) atoms. The van der Waals surface area contributed by atoms with Gasteiger partial charge in [-0.25, -0.2) is 4.39 Å². The third-order valence-electron chi connectivity index (χ3n) is 3.07. The van der Waals surface area contributed by atoms with Gasteiger partial charge < -0.3 is 10.5 Å². The van der Waals surface area contributed by atoms with Crippen molar-refractivity contribution in [3.63, 3.8) is 0 Å². The number of benzene rings is 2. The summed E-state index contributed by atoms with van der Waals surface area (Å²) >= 11 is 0. The summed E-state index contributed by atoms with van der Waals surface area (Å²) in [6.07, 6.45) is 1.65. The van der Waals surface area contributed by atoms with Crippen molar-refractivity contribution in [3.05, 3.63) is 66.1 Å². The molecule has 0 aliphatic carbocycles. The first-order valence-corrected chi connectivity index (χ1v) is 6.24. The van der Waals surface area contributed by atoms with Crippen LogP contribution in [-0.2, 0) is 6.61 Å². The summed E-state index contributed by atoms with van der Waals surface area (Å²) in [5, 5.41) is 0.859. The van der Waals surface area contributed by atoms with Crippen LogP contribution in [0.4, 0.5) is 10.1 Å². The lowest BCUT2D eigenvalue weighted by atomic mass is 10.2. The Morgan fingerprint density at radius 1 is 1.10 bits per heavy atom. The fourth-order valence-electron chi connectivity index (χ4n) is 2.04. The highest BCUT2D eigenvalue weighted by Crippen LogP contribution is 2.26. The molecule has 4 heteroatoms. The summed E-state index contributed by atoms with van der Waals surface area (Å²) in [6.45, 7) is 0.177. The first kappa shape index (κ1) is 12.4. The molecule has 0 unspecified atom stereocenters. The summed E-state index contributed by atoms with van der Waals surface area (Å²) in [4.78, 5) is 4.24. The van der Waals surface area contributed by atoms with E-state index < -0.39 is 0 Å². The van der Waals surface area contributed by atoms with Crippen LogP contribution in [0.25, 0.3) is 10.9 Å². The lowest BCUT2D eigenvalue weighted by Crippen LogP contribution is -1.99. The SMILES string of the molecule is Nc1ccc2c(OCc3ccccc3F)ccnc2c1. The number of ether oxygens (including phenoxy) is 1. The van der Waals surface area contributed by atoms with Crippen molar-refractivity contribution >= 4 is 16.6 Å². The monoisotopic (exact) mass is 268 g/mol. The van der Waals surface area contributed by atoms with Crippen LogP contribution in [-0.4, -0.2) is 4.98 Å². The molecule has 3 nitrogen and oxygen atoms in total. The highest BCUT2D eigenvalue weighted by molar-refractivity contribution is 5.87. The first-order valence-electron chi connectivity index (χ1n) is 6.24. The molecule has 0 radical (unpaired) electrons. The van der Waals surface area contributed by atoms with E-state index in [1.807, 2.05) is 6.07 Å². The summed E-state index contributed by atoms with van der Waals surface area (Å²) in [7, 11) is 0. The molecule has 0 saturated carbocycles. The lowest BCUT2D eigenvalue weighted by Gasteiger charge is -2.09. The number of halogens is 1. The third-order valence-corrected chi connectivity index (χ3v) is 3.07. The van der Waals surface area contributed by atoms with Crippen molar-refractivity contribution in [3.8, 4) is 5.75 Å². The Kier molecular flexibility index (Phi) is 3.21. The van der Waals surface area contributed by atoms with E-state index >= 15 is 0 Å². The van der Waals surface area contributed by atoms with Gasteiger partial charge in [0, 0.05) is 22.8 Å². The second-order valence-corrected chi connectivity index (χ2v) is 4.47. The van der Waals surface area contributed by atoms with E-state index in [-0.39, 0.29) is 12.4 Å². The van der Waals surface area contributed by atoms with Gasteiger partial charge in [-0.2, -0.15) is 0 Å². The molecule has 3 aromatic rings. The van der Waals surface area contributed by atoms with Gasteiger partial charge in [-0.3, -0.25) is 4.98 Å². The summed E-state index contributed by atoms with van der Waals surface area (Å²) in [6, 6.07) is 13.8. The minimum absolute atomic E-state index is 0.177. The van der Waals surface area contributed by atoms with Crippen molar-refractivity contribution in [1.82, 2.24) is 4.98 Å². The molecule has 0 atom stereocenters. The average molecular weight is 268 g/mol. The van der Waals surface area contributed by atoms with E-state index in [4.69, 9.17) is 10.5 Å². The van der Waals surface area contributed by atoms with Gasteiger partial charge in [-0.1, -0.05) is 18.2 Å². The molecule has 2 aromatic carbocycles. The fraction of sp³-hybridized carbons (Fsp3) is 0.0625. The van der Waals surface area contributed by atoms with E-state index in [0.29, 0.717) is 17.0 Å². The Hall–Kier alpha value is -2.62. The van der Waals surface area contributed by atoms with E-state index in [2.05, 4.69) is 4.98 Å². The molecule has 0 saturated heterocycles. The lowest BCUT2D eigenvalue weighted by molar-refractivity contribution is 0.303. The largest absolute Gasteiger partial charge is 0.488 e. The minimum atomic E-state index is -0.268. The van der Waals surface area contributed by atoms with E-state index in [0.717, 1.165) is 10.9 Å². The van der Waals surface area contributed by atoms with Gasteiger partial charge in [-0.05, 0) is 30.3 Å². The molecule has 3 rings (SSSR count). The maximum absolute atomic E-state index is 13.6. The van der Waals surface area contributed by atoms with Crippen LogP contribution in [0.3, 0.4) is 0 Å². The molecule has 0 amide bonds. The predicted molar refractivity (Wildman–Crippen MR) is 76.9 cm³/mol.